The summed E-state index contributed by atoms with van der Waals surface area (Å²) in [6, 6.07) is 0.546. The first-order valence-corrected chi connectivity index (χ1v) is 5.43. The number of benzene rings is 1. The van der Waals surface area contributed by atoms with E-state index < -0.39 is 34.3 Å². The Hall–Kier alpha value is -2.25. The summed E-state index contributed by atoms with van der Waals surface area (Å²) in [6.45, 7) is 0.347. The molecule has 1 unspecified atom stereocenters. The van der Waals surface area contributed by atoms with Crippen molar-refractivity contribution in [3.8, 4) is 0 Å². The number of anilines is 1. The molecule has 0 amide bonds. The molecule has 1 fully saturated rings. The van der Waals surface area contributed by atoms with Crippen LogP contribution in [0.1, 0.15) is 6.42 Å². The smallest absolute Gasteiger partial charge is 0.328 e. The summed E-state index contributed by atoms with van der Waals surface area (Å²) in [5.74, 6) is -2.75. The van der Waals surface area contributed by atoms with Crippen molar-refractivity contribution in [2.75, 3.05) is 18.6 Å². The van der Waals surface area contributed by atoms with Gasteiger partial charge >= 0.3 is 11.7 Å². The number of nitrogens with zero attached hydrogens (tertiary/aromatic N) is 2. The third-order valence-corrected chi connectivity index (χ3v) is 3.02. The number of halogens is 2. The summed E-state index contributed by atoms with van der Waals surface area (Å²) >= 11 is 0. The van der Waals surface area contributed by atoms with Gasteiger partial charge in [-0.15, -0.1) is 0 Å². The van der Waals surface area contributed by atoms with Crippen LogP contribution >= 0.6 is 0 Å². The molecule has 1 aromatic rings. The third kappa shape index (κ3) is 2.20. The van der Waals surface area contributed by atoms with Crippen molar-refractivity contribution in [2.24, 2.45) is 0 Å². The topological polar surface area (TPSA) is 72.7 Å². The minimum Gasteiger partial charge on any atom is -0.467 e. The summed E-state index contributed by atoms with van der Waals surface area (Å²) in [5, 5.41) is 10.6. The summed E-state index contributed by atoms with van der Waals surface area (Å²) < 4.78 is 31.4. The second-order valence-corrected chi connectivity index (χ2v) is 4.03. The van der Waals surface area contributed by atoms with Crippen LogP contribution < -0.4 is 4.90 Å². The predicted molar refractivity (Wildman–Crippen MR) is 60.8 cm³/mol. The highest BCUT2D eigenvalue weighted by Gasteiger charge is 2.37. The van der Waals surface area contributed by atoms with Crippen molar-refractivity contribution in [2.45, 2.75) is 12.5 Å². The summed E-state index contributed by atoms with van der Waals surface area (Å²) in [4.78, 5) is 22.4. The van der Waals surface area contributed by atoms with Crippen molar-refractivity contribution in [3.63, 3.8) is 0 Å². The zero-order chi connectivity index (χ0) is 14.2. The monoisotopic (exact) mass is 272 g/mol. The van der Waals surface area contributed by atoms with Crippen LogP contribution in [-0.2, 0) is 9.53 Å². The van der Waals surface area contributed by atoms with Gasteiger partial charge in [-0.1, -0.05) is 0 Å². The molecule has 1 atom stereocenters. The van der Waals surface area contributed by atoms with E-state index >= 15 is 0 Å². The van der Waals surface area contributed by atoms with Gasteiger partial charge in [0.15, 0.2) is 0 Å². The highest BCUT2D eigenvalue weighted by molar-refractivity contribution is 5.82. The Labute approximate surface area is 106 Å². The summed E-state index contributed by atoms with van der Waals surface area (Å²) in [6.07, 6.45) is 0.456. The van der Waals surface area contributed by atoms with Gasteiger partial charge < -0.3 is 9.64 Å². The standard InChI is InChI=1S/C11H10F2N2O4/c1-19-11(16)8-2-3-14(8)9-5-10(15(17)18)7(13)4-6(9)12/h4-5,8H,2-3H2,1H3. The SMILES string of the molecule is COC(=O)C1CCN1c1cc([N+](=O)[O-])c(F)cc1F. The van der Waals surface area contributed by atoms with Crippen LogP contribution in [0.5, 0.6) is 0 Å². The van der Waals surface area contributed by atoms with Crippen molar-refractivity contribution in [3.05, 3.63) is 33.9 Å². The Morgan fingerprint density at radius 2 is 2.16 bits per heavy atom. The molecule has 1 aliphatic rings. The maximum Gasteiger partial charge on any atom is 0.328 e. The van der Waals surface area contributed by atoms with Crippen molar-refractivity contribution >= 4 is 17.3 Å². The number of ether oxygens (including phenoxy) is 1. The lowest BCUT2D eigenvalue weighted by Crippen LogP contribution is -2.53. The fourth-order valence-electron chi connectivity index (χ4n) is 1.94. The quantitative estimate of drug-likeness (QED) is 0.475. The van der Waals surface area contributed by atoms with E-state index in [2.05, 4.69) is 4.74 Å². The lowest BCUT2D eigenvalue weighted by Gasteiger charge is -2.40. The second-order valence-electron chi connectivity index (χ2n) is 4.03. The Morgan fingerprint density at radius 3 is 2.63 bits per heavy atom. The Bertz CT molecular complexity index is 550. The zero-order valence-corrected chi connectivity index (χ0v) is 9.93. The Kier molecular flexibility index (Phi) is 3.32. The Morgan fingerprint density at radius 1 is 1.47 bits per heavy atom. The van der Waals surface area contributed by atoms with Crippen LogP contribution in [0.15, 0.2) is 12.1 Å². The zero-order valence-electron chi connectivity index (χ0n) is 9.93. The first-order chi connectivity index (χ1) is 8.95. The maximum absolute atomic E-state index is 13.6. The largest absolute Gasteiger partial charge is 0.467 e. The molecule has 8 heteroatoms. The molecule has 0 aliphatic carbocycles. The molecule has 0 N–H and O–H groups in total. The van der Waals surface area contributed by atoms with Gasteiger partial charge in [0, 0.05) is 18.7 Å². The van der Waals surface area contributed by atoms with Gasteiger partial charge in [0.05, 0.1) is 17.7 Å². The van der Waals surface area contributed by atoms with Crippen LogP contribution in [0.2, 0.25) is 0 Å². The van der Waals surface area contributed by atoms with Crippen LogP contribution in [-0.4, -0.2) is 30.6 Å². The van der Waals surface area contributed by atoms with Gasteiger partial charge in [0.2, 0.25) is 5.82 Å². The number of rotatable bonds is 3. The van der Waals surface area contributed by atoms with Crippen molar-refractivity contribution in [1.29, 1.82) is 0 Å². The molecular weight excluding hydrogens is 262 g/mol. The number of nitro benzene ring substituents is 1. The van der Waals surface area contributed by atoms with Crippen molar-refractivity contribution in [1.82, 2.24) is 0 Å². The molecule has 0 radical (unpaired) electrons. The highest BCUT2D eigenvalue weighted by Crippen LogP contribution is 2.33. The number of nitro groups is 1. The average molecular weight is 272 g/mol. The number of carbonyl (C=O) groups excluding carboxylic acids is 1. The van der Waals surface area contributed by atoms with Gasteiger partial charge in [-0.3, -0.25) is 10.1 Å². The lowest BCUT2D eigenvalue weighted by atomic mass is 10.0. The molecule has 6 nitrogen and oxygen atoms in total. The lowest BCUT2D eigenvalue weighted by molar-refractivity contribution is -0.387. The average Bonchev–Trinajstić information content (AvgIpc) is 2.30. The van der Waals surface area contributed by atoms with E-state index in [-0.39, 0.29) is 5.69 Å². The van der Waals surface area contributed by atoms with E-state index in [1.54, 1.807) is 0 Å². The number of esters is 1. The molecule has 1 saturated heterocycles. The molecule has 2 rings (SSSR count). The Balaban J connectivity index is 2.37. The summed E-state index contributed by atoms with van der Waals surface area (Å²) in [7, 11) is 1.20. The first-order valence-electron chi connectivity index (χ1n) is 5.43. The minimum atomic E-state index is -1.25. The summed E-state index contributed by atoms with van der Waals surface area (Å²) in [5.41, 5.74) is -0.998. The van der Waals surface area contributed by atoms with Gasteiger partial charge in [0.1, 0.15) is 11.9 Å². The molecule has 0 bridgehead atoms. The molecule has 1 aliphatic heterocycles. The molecule has 0 spiro atoms. The van der Waals surface area contributed by atoms with Gasteiger partial charge in [-0.2, -0.15) is 4.39 Å². The van der Waals surface area contributed by atoms with Crippen LogP contribution in [0.4, 0.5) is 20.2 Å². The molecule has 1 aromatic carbocycles. The van der Waals surface area contributed by atoms with E-state index in [1.807, 2.05) is 0 Å². The van der Waals surface area contributed by atoms with E-state index in [4.69, 9.17) is 0 Å². The molecular formula is C11H10F2N2O4. The van der Waals surface area contributed by atoms with Crippen LogP contribution in [0.3, 0.4) is 0 Å². The molecule has 19 heavy (non-hydrogen) atoms. The van der Waals surface area contributed by atoms with E-state index in [0.717, 1.165) is 6.07 Å². The molecule has 0 aromatic heterocycles. The van der Waals surface area contributed by atoms with Gasteiger partial charge in [-0.05, 0) is 6.42 Å². The van der Waals surface area contributed by atoms with E-state index in [9.17, 15) is 23.7 Å². The number of carbonyl (C=O) groups is 1. The van der Waals surface area contributed by atoms with Gasteiger partial charge in [0.25, 0.3) is 0 Å². The molecule has 0 saturated carbocycles. The third-order valence-electron chi connectivity index (χ3n) is 3.02. The molecule has 1 heterocycles. The fourth-order valence-corrected chi connectivity index (χ4v) is 1.94. The number of hydrogen-bond donors (Lipinski definition) is 0. The fraction of sp³-hybridized carbons (Fsp3) is 0.364. The van der Waals surface area contributed by atoms with Gasteiger partial charge in [-0.25, -0.2) is 9.18 Å². The second kappa shape index (κ2) is 4.79. The van der Waals surface area contributed by atoms with Crippen LogP contribution in [0, 0.1) is 21.7 Å². The van der Waals surface area contributed by atoms with Crippen molar-refractivity contribution < 1.29 is 23.2 Å². The number of hydrogen-bond acceptors (Lipinski definition) is 5. The number of methoxy groups -OCH3 is 1. The first kappa shape index (κ1) is 13.2. The molecule has 102 valence electrons. The highest BCUT2D eigenvalue weighted by atomic mass is 19.1. The predicted octanol–water partition coefficient (Wildman–Crippen LogP) is 1.62. The maximum atomic E-state index is 13.6. The van der Waals surface area contributed by atoms with E-state index in [1.165, 1.54) is 12.0 Å². The normalized spacial score (nSPS) is 17.8. The minimum absolute atomic E-state index is 0.172. The van der Waals surface area contributed by atoms with Crippen LogP contribution in [0.25, 0.3) is 0 Å². The van der Waals surface area contributed by atoms with E-state index in [0.29, 0.717) is 19.0 Å².